The van der Waals surface area contributed by atoms with Gasteiger partial charge in [-0.3, -0.25) is 0 Å². The van der Waals surface area contributed by atoms with Gasteiger partial charge in [0, 0.05) is 5.56 Å². The van der Waals surface area contributed by atoms with Crippen LogP contribution < -0.4 is 10.5 Å². The Kier molecular flexibility index (Phi) is 4.35. The fourth-order valence-electron chi connectivity index (χ4n) is 1.70. The van der Waals surface area contributed by atoms with Crippen LogP contribution in [0.25, 0.3) is 0 Å². The Morgan fingerprint density at radius 1 is 1.05 bits per heavy atom. The average Bonchev–Trinajstić information content (AvgIpc) is 2.39. The minimum absolute atomic E-state index is 0.0450. The van der Waals surface area contributed by atoms with Crippen molar-refractivity contribution < 1.29 is 13.5 Å². The third kappa shape index (κ3) is 3.03. The third-order valence-electron chi connectivity index (χ3n) is 2.61. The molecule has 0 amide bonds. The van der Waals surface area contributed by atoms with Gasteiger partial charge in [0.2, 0.25) is 0 Å². The highest BCUT2D eigenvalue weighted by molar-refractivity contribution is 6.30. The lowest BCUT2D eigenvalue weighted by atomic mass is 10.1. The van der Waals surface area contributed by atoms with Crippen molar-refractivity contribution in [3.63, 3.8) is 0 Å². The number of ether oxygens (including phenoxy) is 1. The van der Waals surface area contributed by atoms with Crippen LogP contribution in [0.3, 0.4) is 0 Å². The van der Waals surface area contributed by atoms with Crippen molar-refractivity contribution in [3.8, 4) is 11.5 Å². The van der Waals surface area contributed by atoms with Gasteiger partial charge in [-0.05, 0) is 37.2 Å². The van der Waals surface area contributed by atoms with Gasteiger partial charge < -0.3 is 10.5 Å². The summed E-state index contributed by atoms with van der Waals surface area (Å²) < 4.78 is 32.8. The van der Waals surface area contributed by atoms with Gasteiger partial charge in [0.1, 0.15) is 11.6 Å². The number of rotatable bonds is 4. The van der Waals surface area contributed by atoms with Crippen molar-refractivity contribution in [2.24, 2.45) is 5.73 Å². The molecule has 0 unspecified atom stereocenters. The molecule has 2 aromatic rings. The molecule has 2 aromatic carbocycles. The zero-order valence-corrected chi connectivity index (χ0v) is 10.8. The topological polar surface area (TPSA) is 35.2 Å². The molecule has 0 saturated heterocycles. The maximum absolute atomic E-state index is 13.7. The summed E-state index contributed by atoms with van der Waals surface area (Å²) in [5, 5.41) is -0.0470. The Labute approximate surface area is 114 Å². The van der Waals surface area contributed by atoms with Crippen molar-refractivity contribution in [1.29, 1.82) is 0 Å². The number of nitrogens with two attached hydrogens (primary N) is 1. The van der Waals surface area contributed by atoms with Gasteiger partial charge in [-0.2, -0.15) is 0 Å². The van der Waals surface area contributed by atoms with Crippen LogP contribution in [-0.2, 0) is 6.42 Å². The first-order valence-electron chi connectivity index (χ1n) is 5.73. The van der Waals surface area contributed by atoms with E-state index in [1.165, 1.54) is 24.3 Å². The molecular weight excluding hydrogens is 272 g/mol. The van der Waals surface area contributed by atoms with Gasteiger partial charge in [0.15, 0.2) is 11.6 Å². The molecule has 0 aliphatic carbocycles. The Hall–Kier alpha value is -1.65. The van der Waals surface area contributed by atoms with Gasteiger partial charge in [-0.15, -0.1) is 0 Å². The summed E-state index contributed by atoms with van der Waals surface area (Å²) in [5.41, 5.74) is 5.75. The van der Waals surface area contributed by atoms with E-state index in [1.807, 2.05) is 0 Å². The van der Waals surface area contributed by atoms with E-state index in [9.17, 15) is 8.78 Å². The second-order valence-corrected chi connectivity index (χ2v) is 4.32. The predicted molar refractivity (Wildman–Crippen MR) is 70.6 cm³/mol. The fraction of sp³-hybridized carbons (Fsp3) is 0.143. The number of hydrogen-bond donors (Lipinski definition) is 1. The maximum atomic E-state index is 13.7. The average molecular weight is 284 g/mol. The number of hydrogen-bond acceptors (Lipinski definition) is 2. The quantitative estimate of drug-likeness (QED) is 0.923. The van der Waals surface area contributed by atoms with Gasteiger partial charge >= 0.3 is 0 Å². The number of benzene rings is 2. The van der Waals surface area contributed by atoms with Crippen LogP contribution in [0.2, 0.25) is 5.02 Å². The lowest BCUT2D eigenvalue weighted by Crippen LogP contribution is -2.06. The highest BCUT2D eigenvalue weighted by atomic mass is 35.5. The molecule has 2 nitrogen and oxygen atoms in total. The molecule has 2 rings (SSSR count). The second kappa shape index (κ2) is 5.99. The van der Waals surface area contributed by atoms with E-state index in [-0.39, 0.29) is 23.1 Å². The van der Waals surface area contributed by atoms with Crippen molar-refractivity contribution in [1.82, 2.24) is 0 Å². The zero-order valence-electron chi connectivity index (χ0n) is 10.00. The van der Waals surface area contributed by atoms with Gasteiger partial charge in [0.05, 0.1) is 5.02 Å². The fourth-order valence-corrected chi connectivity index (χ4v) is 1.87. The summed E-state index contributed by atoms with van der Waals surface area (Å²) in [6, 6.07) is 8.77. The highest BCUT2D eigenvalue weighted by Gasteiger charge is 2.13. The van der Waals surface area contributed by atoms with Crippen LogP contribution in [0.5, 0.6) is 11.5 Å². The lowest BCUT2D eigenvalue weighted by Gasteiger charge is -2.12. The largest absolute Gasteiger partial charge is 0.454 e. The molecule has 0 bridgehead atoms. The van der Waals surface area contributed by atoms with Crippen LogP contribution in [-0.4, -0.2) is 6.54 Å². The van der Waals surface area contributed by atoms with E-state index in [0.29, 0.717) is 12.0 Å². The van der Waals surface area contributed by atoms with E-state index >= 15 is 0 Å². The molecule has 0 aliphatic rings. The van der Waals surface area contributed by atoms with Crippen LogP contribution in [0.15, 0.2) is 36.4 Å². The minimum atomic E-state index is -0.674. The smallest absolute Gasteiger partial charge is 0.184 e. The Morgan fingerprint density at radius 3 is 2.47 bits per heavy atom. The van der Waals surface area contributed by atoms with E-state index in [0.717, 1.165) is 0 Å². The summed E-state index contributed by atoms with van der Waals surface area (Å²) in [6.07, 6.45) is 0.310. The summed E-state index contributed by atoms with van der Waals surface area (Å²) in [6.45, 7) is 0.273. The molecule has 100 valence electrons. The van der Waals surface area contributed by atoms with Crippen molar-refractivity contribution >= 4 is 11.6 Å². The molecule has 0 heterocycles. The molecule has 0 aromatic heterocycles. The van der Waals surface area contributed by atoms with Crippen LogP contribution >= 0.6 is 11.6 Å². The first kappa shape index (κ1) is 13.8. The van der Waals surface area contributed by atoms with E-state index < -0.39 is 11.6 Å². The Bertz CT molecular complexity index is 590. The Balaban J connectivity index is 2.38. The molecule has 0 radical (unpaired) electrons. The van der Waals surface area contributed by atoms with Crippen molar-refractivity contribution in [2.45, 2.75) is 6.42 Å². The molecule has 0 fully saturated rings. The second-order valence-electron chi connectivity index (χ2n) is 3.91. The summed E-state index contributed by atoms with van der Waals surface area (Å²) >= 11 is 5.66. The summed E-state index contributed by atoms with van der Waals surface area (Å²) in [5.74, 6) is -0.902. The maximum Gasteiger partial charge on any atom is 0.184 e. The van der Waals surface area contributed by atoms with Crippen LogP contribution in [0.1, 0.15) is 5.56 Å². The van der Waals surface area contributed by atoms with Crippen LogP contribution in [0.4, 0.5) is 8.78 Å². The monoisotopic (exact) mass is 283 g/mol. The summed E-state index contributed by atoms with van der Waals surface area (Å²) in [4.78, 5) is 0. The minimum Gasteiger partial charge on any atom is -0.454 e. The van der Waals surface area contributed by atoms with Gasteiger partial charge in [-0.1, -0.05) is 23.7 Å². The lowest BCUT2D eigenvalue weighted by molar-refractivity contribution is 0.432. The van der Waals surface area contributed by atoms with Gasteiger partial charge in [0.25, 0.3) is 0 Å². The predicted octanol–water partition coefficient (Wildman–Crippen LogP) is 3.91. The molecule has 0 spiro atoms. The molecule has 0 atom stereocenters. The first-order chi connectivity index (χ1) is 9.13. The normalized spacial score (nSPS) is 10.5. The number of halogens is 3. The standard InChI is InChI=1S/C14H12ClF2NO/c15-10-3-1-6-13(14(10)17)19-12-5-2-4-11(16)9(12)7-8-18/h1-6H,7-8,18H2. The van der Waals surface area contributed by atoms with Gasteiger partial charge in [-0.25, -0.2) is 8.78 Å². The third-order valence-corrected chi connectivity index (χ3v) is 2.90. The van der Waals surface area contributed by atoms with E-state index in [4.69, 9.17) is 22.1 Å². The molecular formula is C14H12ClF2NO. The SMILES string of the molecule is NCCc1c(F)cccc1Oc1cccc(Cl)c1F. The molecule has 19 heavy (non-hydrogen) atoms. The van der Waals surface area contributed by atoms with Crippen molar-refractivity contribution in [3.05, 3.63) is 58.6 Å². The highest BCUT2D eigenvalue weighted by Crippen LogP contribution is 2.31. The van der Waals surface area contributed by atoms with Crippen molar-refractivity contribution in [2.75, 3.05) is 6.54 Å². The molecule has 0 saturated carbocycles. The molecule has 0 aliphatic heterocycles. The van der Waals surface area contributed by atoms with Crippen LogP contribution in [0, 0.1) is 11.6 Å². The Morgan fingerprint density at radius 2 is 1.74 bits per heavy atom. The first-order valence-corrected chi connectivity index (χ1v) is 6.10. The summed E-state index contributed by atoms with van der Waals surface area (Å²) in [7, 11) is 0. The van der Waals surface area contributed by atoms with E-state index in [2.05, 4.69) is 0 Å². The van der Waals surface area contributed by atoms with E-state index in [1.54, 1.807) is 12.1 Å². The molecule has 5 heteroatoms. The zero-order chi connectivity index (χ0) is 13.8. The molecule has 2 N–H and O–H groups in total.